The van der Waals surface area contributed by atoms with Gasteiger partial charge in [-0.1, -0.05) is 30.3 Å². The van der Waals surface area contributed by atoms with E-state index in [1.54, 1.807) is 7.11 Å². The summed E-state index contributed by atoms with van der Waals surface area (Å²) in [6.45, 7) is 11.3. The predicted molar refractivity (Wildman–Crippen MR) is 124 cm³/mol. The van der Waals surface area contributed by atoms with Crippen molar-refractivity contribution in [3.63, 3.8) is 0 Å². The van der Waals surface area contributed by atoms with Crippen molar-refractivity contribution < 1.29 is 23.7 Å². The van der Waals surface area contributed by atoms with Crippen LogP contribution in [0.2, 0.25) is 0 Å². The molecule has 2 aliphatic rings. The summed E-state index contributed by atoms with van der Waals surface area (Å²) in [7, 11) is 1.72. The molecule has 0 aromatic heterocycles. The molecule has 1 aromatic rings. The van der Waals surface area contributed by atoms with Crippen LogP contribution in [-0.4, -0.2) is 67.1 Å². The Bertz CT molecular complexity index is 787. The molecule has 0 spiro atoms. The highest BCUT2D eigenvalue weighted by Gasteiger charge is 2.41. The molecular weight excluding hydrogens is 408 g/mol. The predicted octanol–water partition coefficient (Wildman–Crippen LogP) is 4.12. The minimum atomic E-state index is -0.776. The van der Waals surface area contributed by atoms with E-state index in [9.17, 15) is 4.79 Å². The molecule has 0 saturated carbocycles. The summed E-state index contributed by atoms with van der Waals surface area (Å²) >= 11 is 0. The lowest BCUT2D eigenvalue weighted by Crippen LogP contribution is -2.50. The highest BCUT2D eigenvalue weighted by Crippen LogP contribution is 2.34. The molecule has 178 valence electrons. The van der Waals surface area contributed by atoms with Gasteiger partial charge in [-0.3, -0.25) is 9.80 Å². The maximum Gasteiger partial charge on any atom is 0.307 e. The molecule has 32 heavy (non-hydrogen) atoms. The molecule has 0 N–H and O–H groups in total. The number of ether oxygens (including phenoxy) is 4. The molecule has 0 amide bonds. The van der Waals surface area contributed by atoms with E-state index in [1.807, 2.05) is 65.0 Å². The first-order valence-corrected chi connectivity index (χ1v) is 11.5. The van der Waals surface area contributed by atoms with Crippen molar-refractivity contribution in [1.29, 1.82) is 0 Å². The van der Waals surface area contributed by atoms with Crippen LogP contribution in [-0.2, 0) is 23.7 Å². The van der Waals surface area contributed by atoms with Gasteiger partial charge in [-0.05, 0) is 53.0 Å². The first-order valence-electron chi connectivity index (χ1n) is 11.5. The zero-order valence-corrected chi connectivity index (χ0v) is 20.3. The Labute approximate surface area is 192 Å². The third-order valence-corrected chi connectivity index (χ3v) is 5.67. The first kappa shape index (κ1) is 24.7. The highest BCUT2D eigenvalue weighted by molar-refractivity contribution is 5.92. The summed E-state index contributed by atoms with van der Waals surface area (Å²) in [6.07, 6.45) is 1.91. The lowest BCUT2D eigenvalue weighted by Gasteiger charge is -2.41. The molecule has 0 aliphatic carbocycles. The quantitative estimate of drug-likeness (QED) is 0.587. The number of carbonyl (C=O) groups is 1. The first-order chi connectivity index (χ1) is 15.1. The van der Waals surface area contributed by atoms with Crippen LogP contribution in [0.25, 0.3) is 0 Å². The Morgan fingerprint density at radius 1 is 1.28 bits per heavy atom. The van der Waals surface area contributed by atoms with Gasteiger partial charge in [-0.15, -0.1) is 0 Å². The van der Waals surface area contributed by atoms with Crippen LogP contribution < -0.4 is 0 Å². The van der Waals surface area contributed by atoms with Gasteiger partial charge in [-0.25, -0.2) is 0 Å². The Morgan fingerprint density at radius 3 is 2.66 bits per heavy atom. The molecular formula is C25H38N2O5. The number of hydrazone groups is 1. The van der Waals surface area contributed by atoms with Crippen molar-refractivity contribution in [2.24, 2.45) is 5.10 Å². The second-order valence-corrected chi connectivity index (χ2v) is 10.0. The second kappa shape index (κ2) is 10.3. The van der Waals surface area contributed by atoms with Crippen molar-refractivity contribution in [1.82, 2.24) is 5.01 Å². The van der Waals surface area contributed by atoms with Crippen LogP contribution >= 0.6 is 0 Å². The van der Waals surface area contributed by atoms with Crippen LogP contribution in [0.5, 0.6) is 0 Å². The van der Waals surface area contributed by atoms with Crippen molar-refractivity contribution in [2.45, 2.75) is 83.3 Å². The number of benzene rings is 1. The van der Waals surface area contributed by atoms with Gasteiger partial charge >= 0.3 is 5.97 Å². The van der Waals surface area contributed by atoms with Crippen molar-refractivity contribution in [3.05, 3.63) is 35.9 Å². The van der Waals surface area contributed by atoms with Gasteiger partial charge in [0.2, 0.25) is 0 Å². The maximum absolute atomic E-state index is 12.9. The van der Waals surface area contributed by atoms with E-state index in [2.05, 4.69) is 5.01 Å². The summed E-state index contributed by atoms with van der Waals surface area (Å²) in [4.78, 5) is 12.9. The maximum atomic E-state index is 12.9. The van der Waals surface area contributed by atoms with Crippen molar-refractivity contribution >= 4 is 11.7 Å². The normalized spacial score (nSPS) is 25.7. The van der Waals surface area contributed by atoms with Crippen LogP contribution in [0.1, 0.15) is 65.4 Å². The number of esters is 1. The largest absolute Gasteiger partial charge is 0.460 e. The monoisotopic (exact) mass is 446 g/mol. The fourth-order valence-electron chi connectivity index (χ4n) is 4.28. The molecule has 1 aromatic carbocycles. The highest BCUT2D eigenvalue weighted by atomic mass is 16.7. The third-order valence-electron chi connectivity index (χ3n) is 5.67. The lowest BCUT2D eigenvalue weighted by atomic mass is 9.87. The van der Waals surface area contributed by atoms with Crippen LogP contribution in [0, 0.1) is 0 Å². The van der Waals surface area contributed by atoms with Crippen molar-refractivity contribution in [2.75, 3.05) is 26.9 Å². The fourth-order valence-corrected chi connectivity index (χ4v) is 4.28. The Hall–Kier alpha value is -1.96. The molecule has 2 saturated heterocycles. The number of hydrogen-bond donors (Lipinski definition) is 0. The number of nitrogens with zero attached hydrogens (tertiary/aromatic N) is 2. The molecule has 0 unspecified atom stereocenters. The van der Waals surface area contributed by atoms with Crippen LogP contribution in [0.15, 0.2) is 35.4 Å². The van der Waals surface area contributed by atoms with E-state index in [1.165, 1.54) is 0 Å². The van der Waals surface area contributed by atoms with Gasteiger partial charge in [0.15, 0.2) is 5.79 Å². The number of rotatable bonds is 7. The lowest BCUT2D eigenvalue weighted by molar-refractivity contribution is -0.239. The molecule has 7 nitrogen and oxygen atoms in total. The number of carbonyl (C=O) groups excluding carboxylic acids is 1. The molecule has 3 rings (SSSR count). The van der Waals surface area contributed by atoms with Gasteiger partial charge in [0.25, 0.3) is 0 Å². The summed E-state index contributed by atoms with van der Waals surface area (Å²) in [5, 5.41) is 7.07. The van der Waals surface area contributed by atoms with Crippen LogP contribution in [0.4, 0.5) is 0 Å². The Kier molecular flexibility index (Phi) is 7.96. The minimum Gasteiger partial charge on any atom is -0.460 e. The summed E-state index contributed by atoms with van der Waals surface area (Å²) in [5.74, 6) is -1.27. The molecule has 0 bridgehead atoms. The van der Waals surface area contributed by atoms with Gasteiger partial charge in [0.1, 0.15) is 11.7 Å². The van der Waals surface area contributed by atoms with Gasteiger partial charge < -0.3 is 18.9 Å². The fraction of sp³-hybridized carbons (Fsp3) is 0.680. The molecule has 7 heteroatoms. The van der Waals surface area contributed by atoms with E-state index in [0.29, 0.717) is 13.2 Å². The Balaban J connectivity index is 1.93. The van der Waals surface area contributed by atoms with Crippen LogP contribution in [0.3, 0.4) is 0 Å². The van der Waals surface area contributed by atoms with Gasteiger partial charge in [-0.2, -0.15) is 5.10 Å². The smallest absolute Gasteiger partial charge is 0.307 e. The zero-order valence-electron chi connectivity index (χ0n) is 20.3. The Morgan fingerprint density at radius 2 is 2.00 bits per heavy atom. The van der Waals surface area contributed by atoms with E-state index < -0.39 is 17.5 Å². The minimum absolute atomic E-state index is 0.197. The molecule has 2 heterocycles. The van der Waals surface area contributed by atoms with E-state index in [4.69, 9.17) is 24.0 Å². The average molecular weight is 447 g/mol. The third kappa shape index (κ3) is 6.77. The van der Waals surface area contributed by atoms with Gasteiger partial charge in [0.05, 0.1) is 31.4 Å². The summed E-state index contributed by atoms with van der Waals surface area (Å²) in [6, 6.07) is 10.2. The molecule has 2 aliphatic heterocycles. The van der Waals surface area contributed by atoms with Crippen molar-refractivity contribution in [3.8, 4) is 0 Å². The van der Waals surface area contributed by atoms with Gasteiger partial charge in [0, 0.05) is 19.6 Å². The standard InChI is InChI=1S/C25H38N2O5/c1-24(2,3)31-22(28)15-20(18-11-8-7-9-12-18)23-21(17-30-25(4,5)32-23)26-27-14-10-13-19(27)16-29-6/h7-9,11-12,19-20,23H,10,13-17H2,1-6H3/b26-21+/t19-,20+,23-/m0/s1. The SMILES string of the molecule is COC[C@@H]1CCCN1/N=C1\COC(C)(C)O[C@H]1[C@H](CC(=O)OC(C)(C)C)c1ccccc1. The van der Waals surface area contributed by atoms with E-state index in [-0.39, 0.29) is 24.3 Å². The number of methoxy groups -OCH3 is 1. The second-order valence-electron chi connectivity index (χ2n) is 10.0. The van der Waals surface area contributed by atoms with E-state index in [0.717, 1.165) is 30.7 Å². The topological polar surface area (TPSA) is 69.6 Å². The summed E-state index contributed by atoms with van der Waals surface area (Å²) < 4.78 is 23.4. The van der Waals surface area contributed by atoms with E-state index >= 15 is 0 Å². The average Bonchev–Trinajstić information content (AvgIpc) is 3.14. The molecule has 0 radical (unpaired) electrons. The zero-order chi connectivity index (χ0) is 23.4. The number of hydrogen-bond acceptors (Lipinski definition) is 7. The molecule has 2 fully saturated rings. The summed E-state index contributed by atoms with van der Waals surface area (Å²) in [5.41, 5.74) is 1.27. The molecule has 3 atom stereocenters.